The van der Waals surface area contributed by atoms with Gasteiger partial charge in [0.15, 0.2) is 0 Å². The normalized spacial score (nSPS) is 21.5. The average Bonchev–Trinajstić information content (AvgIpc) is 2.27. The first kappa shape index (κ1) is 13.4. The summed E-state index contributed by atoms with van der Waals surface area (Å²) in [5.41, 5.74) is 4.21. The predicted molar refractivity (Wildman–Crippen MR) is 72.4 cm³/mol. The molecule has 3 heteroatoms. The molecule has 0 bridgehead atoms. The second-order valence-electron chi connectivity index (χ2n) is 5.98. The zero-order valence-corrected chi connectivity index (χ0v) is 11.7. The van der Waals surface area contributed by atoms with Crippen molar-refractivity contribution in [2.24, 2.45) is 5.92 Å². The highest BCUT2D eigenvalue weighted by Crippen LogP contribution is 2.39. The monoisotopic (exact) mass is 249 g/mol. The van der Waals surface area contributed by atoms with Gasteiger partial charge in [-0.3, -0.25) is 0 Å². The predicted octanol–water partition coefficient (Wildman–Crippen LogP) is 3.47. The summed E-state index contributed by atoms with van der Waals surface area (Å²) >= 11 is 0. The summed E-state index contributed by atoms with van der Waals surface area (Å²) < 4.78 is 5.98. The summed E-state index contributed by atoms with van der Waals surface area (Å²) in [5, 5.41) is 0. The van der Waals surface area contributed by atoms with E-state index in [-0.39, 0.29) is 11.6 Å². The van der Waals surface area contributed by atoms with E-state index in [9.17, 15) is 0 Å². The lowest BCUT2D eigenvalue weighted by Crippen LogP contribution is -2.39. The summed E-state index contributed by atoms with van der Waals surface area (Å²) in [5.74, 6) is 1.49. The Morgan fingerprint density at radius 3 is 2.83 bits per heavy atom. The molecule has 3 nitrogen and oxygen atoms in total. The number of hydrogen-bond donors (Lipinski definition) is 1. The Kier molecular flexibility index (Phi) is 3.93. The zero-order valence-electron chi connectivity index (χ0n) is 11.7. The minimum absolute atomic E-state index is 0.160. The highest BCUT2D eigenvalue weighted by atomic mass is 16.6. The largest absolute Gasteiger partial charge is 0.487 e. The van der Waals surface area contributed by atoms with E-state index in [4.69, 9.17) is 9.57 Å². The van der Waals surface area contributed by atoms with Gasteiger partial charge in [0, 0.05) is 12.0 Å². The molecular weight excluding hydrogens is 226 g/mol. The van der Waals surface area contributed by atoms with E-state index in [2.05, 4.69) is 39.2 Å². The van der Waals surface area contributed by atoms with Crippen molar-refractivity contribution >= 4 is 0 Å². The SMILES string of the molecule is CC(C)CONC1CC(C)(C)Oc2ccccc21. The highest BCUT2D eigenvalue weighted by molar-refractivity contribution is 5.38. The van der Waals surface area contributed by atoms with Crippen LogP contribution in [-0.4, -0.2) is 12.2 Å². The van der Waals surface area contributed by atoms with Gasteiger partial charge in [0.2, 0.25) is 0 Å². The molecule has 0 radical (unpaired) electrons. The molecule has 1 aliphatic rings. The number of nitrogens with one attached hydrogen (secondary N) is 1. The Morgan fingerprint density at radius 2 is 2.11 bits per heavy atom. The Bertz CT molecular complexity index is 401. The molecule has 0 saturated heterocycles. The lowest BCUT2D eigenvalue weighted by Gasteiger charge is -2.37. The van der Waals surface area contributed by atoms with Crippen LogP contribution >= 0.6 is 0 Å². The van der Waals surface area contributed by atoms with Crippen molar-refractivity contribution in [2.45, 2.75) is 45.8 Å². The third-order valence-electron chi connectivity index (χ3n) is 3.02. The topological polar surface area (TPSA) is 30.5 Å². The summed E-state index contributed by atoms with van der Waals surface area (Å²) in [4.78, 5) is 5.58. The van der Waals surface area contributed by atoms with Crippen LogP contribution in [0.4, 0.5) is 0 Å². The van der Waals surface area contributed by atoms with Gasteiger partial charge in [-0.15, -0.1) is 0 Å². The first-order chi connectivity index (χ1) is 8.48. The van der Waals surface area contributed by atoms with Gasteiger partial charge in [-0.05, 0) is 25.8 Å². The fourth-order valence-corrected chi connectivity index (χ4v) is 2.22. The molecule has 1 atom stereocenters. The number of para-hydroxylation sites is 1. The second-order valence-corrected chi connectivity index (χ2v) is 5.98. The van der Waals surface area contributed by atoms with Crippen LogP contribution in [-0.2, 0) is 4.84 Å². The standard InChI is InChI=1S/C15H23NO2/c1-11(2)10-17-16-13-9-15(3,4)18-14-8-6-5-7-12(13)14/h5-8,11,13,16H,9-10H2,1-4H3. The minimum atomic E-state index is -0.160. The van der Waals surface area contributed by atoms with Crippen molar-refractivity contribution in [3.05, 3.63) is 29.8 Å². The Morgan fingerprint density at radius 1 is 1.39 bits per heavy atom. The van der Waals surface area contributed by atoms with Gasteiger partial charge in [0.1, 0.15) is 11.4 Å². The maximum atomic E-state index is 5.98. The first-order valence-corrected chi connectivity index (χ1v) is 6.63. The van der Waals surface area contributed by atoms with E-state index in [0.29, 0.717) is 5.92 Å². The second kappa shape index (κ2) is 5.29. The number of rotatable bonds is 4. The Hall–Kier alpha value is -1.06. The number of hydrogen-bond acceptors (Lipinski definition) is 3. The van der Waals surface area contributed by atoms with Crippen LogP contribution in [0.1, 0.15) is 45.7 Å². The van der Waals surface area contributed by atoms with Gasteiger partial charge < -0.3 is 9.57 Å². The van der Waals surface area contributed by atoms with Crippen molar-refractivity contribution in [1.82, 2.24) is 5.48 Å². The van der Waals surface area contributed by atoms with E-state index in [1.54, 1.807) is 0 Å². The van der Waals surface area contributed by atoms with Crippen LogP contribution in [0, 0.1) is 5.92 Å². The first-order valence-electron chi connectivity index (χ1n) is 6.63. The number of benzene rings is 1. The van der Waals surface area contributed by atoms with Crippen LogP contribution in [0.15, 0.2) is 24.3 Å². The van der Waals surface area contributed by atoms with Gasteiger partial charge in [-0.2, -0.15) is 5.48 Å². The average molecular weight is 249 g/mol. The number of fused-ring (bicyclic) bond motifs is 1. The van der Waals surface area contributed by atoms with Gasteiger partial charge in [-0.1, -0.05) is 32.0 Å². The molecule has 0 amide bonds. The van der Waals surface area contributed by atoms with E-state index in [1.807, 2.05) is 18.2 Å². The van der Waals surface area contributed by atoms with Crippen molar-refractivity contribution < 1.29 is 9.57 Å². The molecule has 1 N–H and O–H groups in total. The molecule has 1 aromatic carbocycles. The van der Waals surface area contributed by atoms with E-state index >= 15 is 0 Å². The van der Waals surface area contributed by atoms with Crippen LogP contribution in [0.25, 0.3) is 0 Å². The molecule has 1 heterocycles. The van der Waals surface area contributed by atoms with Gasteiger partial charge in [0.25, 0.3) is 0 Å². The fraction of sp³-hybridized carbons (Fsp3) is 0.600. The Balaban J connectivity index is 2.09. The molecule has 0 spiro atoms. The Labute approximate surface area is 109 Å². The molecule has 1 aliphatic heterocycles. The van der Waals surface area contributed by atoms with E-state index < -0.39 is 0 Å². The maximum absolute atomic E-state index is 5.98. The molecule has 0 fully saturated rings. The highest BCUT2D eigenvalue weighted by Gasteiger charge is 2.33. The molecule has 0 aliphatic carbocycles. The molecule has 1 aromatic rings. The van der Waals surface area contributed by atoms with Crippen molar-refractivity contribution in [2.75, 3.05) is 6.61 Å². The lowest BCUT2D eigenvalue weighted by atomic mass is 9.90. The summed E-state index contributed by atoms with van der Waals surface area (Å²) in [7, 11) is 0. The zero-order chi connectivity index (χ0) is 13.2. The summed E-state index contributed by atoms with van der Waals surface area (Å²) in [6.45, 7) is 9.23. The summed E-state index contributed by atoms with van der Waals surface area (Å²) in [6, 6.07) is 8.36. The molecule has 2 rings (SSSR count). The molecule has 18 heavy (non-hydrogen) atoms. The molecular formula is C15H23NO2. The van der Waals surface area contributed by atoms with Gasteiger partial charge >= 0.3 is 0 Å². The molecule has 1 unspecified atom stereocenters. The van der Waals surface area contributed by atoms with Crippen LogP contribution in [0.3, 0.4) is 0 Å². The number of hydroxylamine groups is 1. The number of ether oxygens (including phenoxy) is 1. The molecule has 100 valence electrons. The minimum Gasteiger partial charge on any atom is -0.487 e. The van der Waals surface area contributed by atoms with Crippen LogP contribution in [0.2, 0.25) is 0 Å². The lowest BCUT2D eigenvalue weighted by molar-refractivity contribution is -0.0308. The molecule has 0 aromatic heterocycles. The quantitative estimate of drug-likeness (QED) is 0.829. The molecule has 0 saturated carbocycles. The van der Waals surface area contributed by atoms with Crippen molar-refractivity contribution in [1.29, 1.82) is 0 Å². The third kappa shape index (κ3) is 3.24. The van der Waals surface area contributed by atoms with Crippen molar-refractivity contribution in [3.8, 4) is 5.75 Å². The van der Waals surface area contributed by atoms with Gasteiger partial charge in [-0.25, -0.2) is 0 Å². The third-order valence-corrected chi connectivity index (χ3v) is 3.02. The fourth-order valence-electron chi connectivity index (χ4n) is 2.22. The van der Waals surface area contributed by atoms with Gasteiger partial charge in [0.05, 0.1) is 12.6 Å². The van der Waals surface area contributed by atoms with E-state index in [0.717, 1.165) is 18.8 Å². The smallest absolute Gasteiger partial charge is 0.124 e. The van der Waals surface area contributed by atoms with Crippen molar-refractivity contribution in [3.63, 3.8) is 0 Å². The van der Waals surface area contributed by atoms with Crippen LogP contribution in [0.5, 0.6) is 5.75 Å². The van der Waals surface area contributed by atoms with E-state index in [1.165, 1.54) is 5.56 Å². The van der Waals surface area contributed by atoms with Crippen LogP contribution < -0.4 is 10.2 Å². The maximum Gasteiger partial charge on any atom is 0.124 e. The summed E-state index contributed by atoms with van der Waals surface area (Å²) in [6.07, 6.45) is 0.905.